The molecule has 0 atom stereocenters. The van der Waals surface area contributed by atoms with Gasteiger partial charge in [0.05, 0.1) is 34.1 Å². The molecule has 0 fully saturated rings. The molecule has 3 aromatic rings. The third kappa shape index (κ3) is 6.28. The Morgan fingerprint density at radius 3 is 2.59 bits per heavy atom. The number of nitrogens with one attached hydrogen (secondary N) is 1. The highest BCUT2D eigenvalue weighted by molar-refractivity contribution is 7.89. The number of hydrogen-bond acceptors (Lipinski definition) is 8. The SMILES string of the molecule is Cc1ccc(S(=O)(=O)NCCC(C)(C)O)cc1-c1cnc(N)c(-c2cccnc2OC(C)C)n1. The Morgan fingerprint density at radius 2 is 1.91 bits per heavy atom. The third-order valence-electron chi connectivity index (χ3n) is 5.00. The van der Waals surface area contributed by atoms with E-state index in [1.807, 2.05) is 20.8 Å². The molecule has 0 unspecified atom stereocenters. The van der Waals surface area contributed by atoms with Crippen LogP contribution in [0.2, 0.25) is 0 Å². The summed E-state index contributed by atoms with van der Waals surface area (Å²) >= 11 is 0. The van der Waals surface area contributed by atoms with Crippen molar-refractivity contribution < 1.29 is 18.3 Å². The Balaban J connectivity index is 2.01. The van der Waals surface area contributed by atoms with Crippen LogP contribution in [0.1, 0.15) is 39.7 Å². The van der Waals surface area contributed by atoms with E-state index in [1.54, 1.807) is 44.3 Å². The second kappa shape index (κ2) is 10.0. The molecular weight excluding hydrogens is 454 g/mol. The number of nitrogens with zero attached hydrogens (tertiary/aromatic N) is 3. The minimum Gasteiger partial charge on any atom is -0.474 e. The lowest BCUT2D eigenvalue weighted by Crippen LogP contribution is -2.30. The smallest absolute Gasteiger partial charge is 0.240 e. The average Bonchev–Trinajstić information content (AvgIpc) is 2.73. The highest BCUT2D eigenvalue weighted by Crippen LogP contribution is 2.33. The number of pyridine rings is 1. The molecule has 0 bridgehead atoms. The van der Waals surface area contributed by atoms with E-state index in [1.165, 1.54) is 12.3 Å². The topological polar surface area (TPSA) is 140 Å². The quantitative estimate of drug-likeness (QED) is 0.419. The van der Waals surface area contributed by atoms with Gasteiger partial charge in [0.2, 0.25) is 15.9 Å². The third-order valence-corrected chi connectivity index (χ3v) is 6.46. The number of benzene rings is 1. The van der Waals surface area contributed by atoms with Gasteiger partial charge in [0.15, 0.2) is 0 Å². The summed E-state index contributed by atoms with van der Waals surface area (Å²) in [6.07, 6.45) is 3.32. The van der Waals surface area contributed by atoms with Crippen molar-refractivity contribution in [1.29, 1.82) is 0 Å². The van der Waals surface area contributed by atoms with Gasteiger partial charge in [-0.05, 0) is 70.9 Å². The summed E-state index contributed by atoms with van der Waals surface area (Å²) in [7, 11) is -3.78. The number of aliphatic hydroxyl groups is 1. The Bertz CT molecular complexity index is 1270. The first-order chi connectivity index (χ1) is 15.9. The van der Waals surface area contributed by atoms with E-state index in [0.29, 0.717) is 28.4 Å². The zero-order valence-electron chi connectivity index (χ0n) is 20.0. The van der Waals surface area contributed by atoms with Crippen LogP contribution in [-0.4, -0.2) is 46.7 Å². The summed E-state index contributed by atoms with van der Waals surface area (Å²) in [5.41, 5.74) is 8.07. The van der Waals surface area contributed by atoms with Crippen LogP contribution < -0.4 is 15.2 Å². The van der Waals surface area contributed by atoms with Gasteiger partial charge in [-0.25, -0.2) is 28.1 Å². The Hall–Kier alpha value is -3.08. The molecule has 4 N–H and O–H groups in total. The van der Waals surface area contributed by atoms with Crippen molar-refractivity contribution in [2.75, 3.05) is 12.3 Å². The highest BCUT2D eigenvalue weighted by atomic mass is 32.2. The summed E-state index contributed by atoms with van der Waals surface area (Å²) in [6, 6.07) is 8.37. The van der Waals surface area contributed by atoms with E-state index in [0.717, 1.165) is 5.56 Å². The highest BCUT2D eigenvalue weighted by Gasteiger charge is 2.20. The zero-order valence-corrected chi connectivity index (χ0v) is 20.8. The molecule has 10 heteroatoms. The fraction of sp³-hybridized carbons (Fsp3) is 0.375. The molecule has 182 valence electrons. The largest absolute Gasteiger partial charge is 0.474 e. The van der Waals surface area contributed by atoms with Gasteiger partial charge in [-0.2, -0.15) is 0 Å². The summed E-state index contributed by atoms with van der Waals surface area (Å²) in [5, 5.41) is 9.85. The molecule has 1 aromatic carbocycles. The van der Waals surface area contributed by atoms with Gasteiger partial charge in [-0.15, -0.1) is 0 Å². The van der Waals surface area contributed by atoms with Crippen molar-refractivity contribution >= 4 is 15.8 Å². The number of nitrogens with two attached hydrogens (primary N) is 1. The molecule has 0 radical (unpaired) electrons. The van der Waals surface area contributed by atoms with Crippen LogP contribution in [0.3, 0.4) is 0 Å². The summed E-state index contributed by atoms with van der Waals surface area (Å²) in [5.74, 6) is 0.597. The number of sulfonamides is 1. The van der Waals surface area contributed by atoms with E-state index >= 15 is 0 Å². The van der Waals surface area contributed by atoms with E-state index in [4.69, 9.17) is 15.5 Å². The second-order valence-corrected chi connectivity index (χ2v) is 10.7. The Labute approximate surface area is 200 Å². The van der Waals surface area contributed by atoms with Gasteiger partial charge in [-0.3, -0.25) is 0 Å². The van der Waals surface area contributed by atoms with Crippen molar-refractivity contribution in [3.05, 3.63) is 48.3 Å². The van der Waals surface area contributed by atoms with E-state index in [2.05, 4.69) is 14.7 Å². The first-order valence-corrected chi connectivity index (χ1v) is 12.4. The summed E-state index contributed by atoms with van der Waals surface area (Å²) in [6.45, 7) is 9.03. The molecule has 0 aliphatic carbocycles. The predicted octanol–water partition coefficient (Wildman–Crippen LogP) is 3.32. The minimum atomic E-state index is -3.78. The zero-order chi connectivity index (χ0) is 25.1. The number of aryl methyl sites for hydroxylation is 1. The van der Waals surface area contributed by atoms with Crippen LogP contribution in [0.15, 0.2) is 47.6 Å². The van der Waals surface area contributed by atoms with Crippen molar-refractivity contribution in [2.45, 2.75) is 57.6 Å². The molecule has 9 nitrogen and oxygen atoms in total. The number of aromatic nitrogens is 3. The first kappa shape index (κ1) is 25.5. The van der Waals surface area contributed by atoms with Gasteiger partial charge < -0.3 is 15.6 Å². The molecule has 2 heterocycles. The molecule has 2 aromatic heterocycles. The summed E-state index contributed by atoms with van der Waals surface area (Å²) in [4.78, 5) is 13.4. The summed E-state index contributed by atoms with van der Waals surface area (Å²) < 4.78 is 34.0. The van der Waals surface area contributed by atoms with Crippen LogP contribution in [0.4, 0.5) is 5.82 Å². The Kier molecular flexibility index (Phi) is 7.54. The van der Waals surface area contributed by atoms with Crippen molar-refractivity contribution in [3.63, 3.8) is 0 Å². The van der Waals surface area contributed by atoms with Crippen LogP contribution in [-0.2, 0) is 10.0 Å². The molecule has 34 heavy (non-hydrogen) atoms. The molecule has 0 saturated heterocycles. The second-order valence-electron chi connectivity index (χ2n) is 8.95. The van der Waals surface area contributed by atoms with Gasteiger partial charge in [-0.1, -0.05) is 6.07 Å². The maximum atomic E-state index is 12.8. The van der Waals surface area contributed by atoms with Crippen molar-refractivity contribution in [3.8, 4) is 28.4 Å². The molecule has 0 aliphatic rings. The maximum absolute atomic E-state index is 12.8. The van der Waals surface area contributed by atoms with E-state index in [-0.39, 0.29) is 29.8 Å². The predicted molar refractivity (Wildman–Crippen MR) is 132 cm³/mol. The molecule has 3 rings (SSSR count). The fourth-order valence-corrected chi connectivity index (χ4v) is 4.29. The van der Waals surface area contributed by atoms with Gasteiger partial charge in [0, 0.05) is 18.3 Å². The minimum absolute atomic E-state index is 0.0919. The van der Waals surface area contributed by atoms with E-state index in [9.17, 15) is 13.5 Å². The maximum Gasteiger partial charge on any atom is 0.240 e. The number of rotatable bonds is 9. The van der Waals surface area contributed by atoms with Gasteiger partial charge in [0.25, 0.3) is 0 Å². The molecule has 0 aliphatic heterocycles. The number of hydrogen-bond donors (Lipinski definition) is 3. The molecular formula is C24H31N5O4S. The number of anilines is 1. The van der Waals surface area contributed by atoms with Crippen LogP contribution in [0.5, 0.6) is 5.88 Å². The molecule has 0 spiro atoms. The fourth-order valence-electron chi connectivity index (χ4n) is 3.23. The van der Waals surface area contributed by atoms with Crippen molar-refractivity contribution in [2.24, 2.45) is 0 Å². The standard InChI is InChI=1S/C24H31N5O4S/c1-15(2)33-23-18(7-6-11-26-23)21-22(25)27-14-20(29-21)19-13-17(9-8-16(19)3)34(31,32)28-12-10-24(4,5)30/h6-9,11,13-15,28,30H,10,12H2,1-5H3,(H2,25,27). The van der Waals surface area contributed by atoms with Crippen LogP contribution in [0.25, 0.3) is 22.5 Å². The average molecular weight is 486 g/mol. The number of ether oxygens (including phenoxy) is 1. The lowest BCUT2D eigenvalue weighted by molar-refractivity contribution is 0.0728. The van der Waals surface area contributed by atoms with Crippen molar-refractivity contribution in [1.82, 2.24) is 19.7 Å². The van der Waals surface area contributed by atoms with E-state index < -0.39 is 15.6 Å². The normalized spacial score (nSPS) is 12.2. The van der Waals surface area contributed by atoms with Gasteiger partial charge >= 0.3 is 0 Å². The van der Waals surface area contributed by atoms with Crippen LogP contribution >= 0.6 is 0 Å². The Morgan fingerprint density at radius 1 is 1.18 bits per heavy atom. The lowest BCUT2D eigenvalue weighted by Gasteiger charge is -2.17. The monoisotopic (exact) mass is 485 g/mol. The van der Waals surface area contributed by atoms with Gasteiger partial charge in [0.1, 0.15) is 11.5 Å². The molecule has 0 amide bonds. The van der Waals surface area contributed by atoms with Crippen LogP contribution in [0, 0.1) is 6.92 Å². The lowest BCUT2D eigenvalue weighted by atomic mass is 10.1. The number of nitrogen functional groups attached to an aromatic ring is 1. The molecule has 0 saturated carbocycles. The first-order valence-electron chi connectivity index (χ1n) is 10.9.